The fourth-order valence-electron chi connectivity index (χ4n) is 3.99. The quantitative estimate of drug-likeness (QED) is 0.277. The van der Waals surface area contributed by atoms with Crippen LogP contribution in [0, 0.1) is 6.92 Å². The minimum Gasteiger partial charge on any atom is -0.379 e. The number of morpholine rings is 1. The van der Waals surface area contributed by atoms with Crippen molar-refractivity contribution in [1.82, 2.24) is 30.3 Å². The topological polar surface area (TPSA) is 96.7 Å². The lowest BCUT2D eigenvalue weighted by Crippen LogP contribution is -2.49. The largest absolute Gasteiger partial charge is 0.379 e. The Hall–Kier alpha value is -0.790. The third-order valence-corrected chi connectivity index (χ3v) is 7.75. The number of guanidine groups is 1. The highest BCUT2D eigenvalue weighted by Gasteiger charge is 2.26. The lowest BCUT2D eigenvalue weighted by atomic mass is 9.95. The van der Waals surface area contributed by atoms with Gasteiger partial charge in [-0.05, 0) is 26.2 Å². The lowest BCUT2D eigenvalue weighted by molar-refractivity contribution is 0.0389. The van der Waals surface area contributed by atoms with Gasteiger partial charge in [-0.1, -0.05) is 13.3 Å². The number of hydrogen-bond donors (Lipinski definition) is 2. The number of aliphatic imine (C=N–C) groups is 1. The summed E-state index contributed by atoms with van der Waals surface area (Å²) in [5.41, 5.74) is 0. The van der Waals surface area contributed by atoms with Crippen molar-refractivity contribution in [2.24, 2.45) is 12.0 Å². The molecule has 2 heterocycles. The van der Waals surface area contributed by atoms with E-state index >= 15 is 0 Å². The van der Waals surface area contributed by atoms with Gasteiger partial charge in [0.1, 0.15) is 12.4 Å². The molecule has 31 heavy (non-hydrogen) atoms. The SMILES string of the molecule is CCS(=O)C1CCCC(NC(=NCc2nnc(C)n2C)NCCN2CCOCC2)C1.I. The maximum absolute atomic E-state index is 12.3. The summed E-state index contributed by atoms with van der Waals surface area (Å²) >= 11 is 0. The van der Waals surface area contributed by atoms with Gasteiger partial charge in [-0.2, -0.15) is 0 Å². The summed E-state index contributed by atoms with van der Waals surface area (Å²) in [6.07, 6.45) is 4.20. The zero-order valence-corrected chi connectivity index (χ0v) is 22.2. The number of rotatable bonds is 8. The van der Waals surface area contributed by atoms with Crippen molar-refractivity contribution >= 4 is 40.7 Å². The number of aromatic nitrogens is 3. The second-order valence-corrected chi connectivity index (χ2v) is 10.1. The van der Waals surface area contributed by atoms with Gasteiger partial charge in [0.15, 0.2) is 11.8 Å². The van der Waals surface area contributed by atoms with Crippen molar-refractivity contribution in [2.75, 3.05) is 45.1 Å². The molecule has 3 unspecified atom stereocenters. The van der Waals surface area contributed by atoms with E-state index in [1.54, 1.807) is 0 Å². The van der Waals surface area contributed by atoms with Gasteiger partial charge in [0.2, 0.25) is 0 Å². The first kappa shape index (κ1) is 26.5. The summed E-state index contributed by atoms with van der Waals surface area (Å²) in [6.45, 7) is 9.78. The van der Waals surface area contributed by atoms with Crippen LogP contribution in [0.4, 0.5) is 0 Å². The Balaban J connectivity index is 0.00000341. The van der Waals surface area contributed by atoms with Crippen molar-refractivity contribution in [3.63, 3.8) is 0 Å². The van der Waals surface area contributed by atoms with Crippen LogP contribution in [0.3, 0.4) is 0 Å². The molecule has 0 spiro atoms. The van der Waals surface area contributed by atoms with Crippen LogP contribution in [-0.2, 0) is 29.1 Å². The van der Waals surface area contributed by atoms with Crippen molar-refractivity contribution in [3.8, 4) is 0 Å². The van der Waals surface area contributed by atoms with E-state index < -0.39 is 10.8 Å². The summed E-state index contributed by atoms with van der Waals surface area (Å²) in [5, 5.41) is 15.7. The van der Waals surface area contributed by atoms with E-state index in [2.05, 4.69) is 25.7 Å². The minimum atomic E-state index is -0.732. The summed E-state index contributed by atoms with van der Waals surface area (Å²) in [4.78, 5) is 7.19. The molecule has 0 amide bonds. The molecule has 178 valence electrons. The van der Waals surface area contributed by atoms with Gasteiger partial charge >= 0.3 is 0 Å². The molecular formula is C20H38IN7O2S. The number of aryl methyl sites for hydroxylation is 1. The van der Waals surface area contributed by atoms with Crippen molar-refractivity contribution in [1.29, 1.82) is 0 Å². The summed E-state index contributed by atoms with van der Waals surface area (Å²) in [6, 6.07) is 0.301. The maximum atomic E-state index is 12.3. The lowest BCUT2D eigenvalue weighted by Gasteiger charge is -2.31. The average molecular weight is 568 g/mol. The molecule has 3 rings (SSSR count). The van der Waals surface area contributed by atoms with E-state index in [0.29, 0.717) is 12.6 Å². The number of hydrogen-bond acceptors (Lipinski definition) is 6. The van der Waals surface area contributed by atoms with Crippen molar-refractivity contribution in [3.05, 3.63) is 11.6 Å². The third kappa shape index (κ3) is 8.25. The molecule has 1 aromatic heterocycles. The van der Waals surface area contributed by atoms with Gasteiger partial charge in [-0.3, -0.25) is 9.11 Å². The molecule has 1 aliphatic heterocycles. The van der Waals surface area contributed by atoms with Crippen LogP contribution in [0.5, 0.6) is 0 Å². The molecule has 0 aromatic carbocycles. The minimum absolute atomic E-state index is 0. The number of nitrogens with one attached hydrogen (secondary N) is 2. The molecule has 3 atom stereocenters. The molecule has 1 aromatic rings. The molecule has 0 radical (unpaired) electrons. The van der Waals surface area contributed by atoms with Crippen LogP contribution in [-0.4, -0.2) is 86.3 Å². The standard InChI is InChI=1S/C20H37N7O2S.HI/c1-4-30(28)18-7-5-6-17(14-18)23-20(21-8-9-27-10-12-29-13-11-27)22-15-19-25-24-16(2)26(19)3;/h17-18H,4-15H2,1-3H3,(H2,21,22,23);1H. The van der Waals surface area contributed by atoms with E-state index in [4.69, 9.17) is 9.73 Å². The summed E-state index contributed by atoms with van der Waals surface area (Å²) in [7, 11) is 1.23. The molecular weight excluding hydrogens is 529 g/mol. The van der Waals surface area contributed by atoms with Gasteiger partial charge in [0.25, 0.3) is 0 Å². The molecule has 1 saturated carbocycles. The molecule has 2 aliphatic rings. The second-order valence-electron chi connectivity index (χ2n) is 8.07. The Morgan fingerprint density at radius 1 is 1.29 bits per heavy atom. The van der Waals surface area contributed by atoms with Gasteiger partial charge in [-0.15, -0.1) is 34.2 Å². The molecule has 1 saturated heterocycles. The summed E-state index contributed by atoms with van der Waals surface area (Å²) < 4.78 is 19.7. The highest BCUT2D eigenvalue weighted by molar-refractivity contribution is 14.0. The van der Waals surface area contributed by atoms with Crippen LogP contribution in [0.25, 0.3) is 0 Å². The number of ether oxygens (including phenoxy) is 1. The van der Waals surface area contributed by atoms with E-state index in [1.165, 1.54) is 0 Å². The van der Waals surface area contributed by atoms with Crippen LogP contribution >= 0.6 is 24.0 Å². The second kappa shape index (κ2) is 13.7. The highest BCUT2D eigenvalue weighted by Crippen LogP contribution is 2.23. The fraction of sp³-hybridized carbons (Fsp3) is 0.850. The molecule has 2 N–H and O–H groups in total. The maximum Gasteiger partial charge on any atom is 0.191 e. The van der Waals surface area contributed by atoms with E-state index in [9.17, 15) is 4.21 Å². The Kier molecular flexibility index (Phi) is 11.7. The first-order valence-corrected chi connectivity index (χ1v) is 12.5. The van der Waals surface area contributed by atoms with Crippen LogP contribution in [0.1, 0.15) is 44.3 Å². The zero-order valence-electron chi connectivity index (χ0n) is 19.0. The molecule has 0 bridgehead atoms. The normalized spacial score (nSPS) is 23.8. The zero-order chi connectivity index (χ0) is 21.3. The predicted molar refractivity (Wildman–Crippen MR) is 135 cm³/mol. The Labute approximate surface area is 205 Å². The van der Waals surface area contributed by atoms with Crippen molar-refractivity contribution in [2.45, 2.75) is 57.4 Å². The molecule has 1 aliphatic carbocycles. The third-order valence-electron chi connectivity index (χ3n) is 6.01. The van der Waals surface area contributed by atoms with Gasteiger partial charge in [0.05, 0.1) is 13.2 Å². The van der Waals surface area contributed by atoms with E-state index in [0.717, 1.165) is 88.4 Å². The highest BCUT2D eigenvalue weighted by atomic mass is 127. The summed E-state index contributed by atoms with van der Waals surface area (Å²) in [5.74, 6) is 3.26. The van der Waals surface area contributed by atoms with Gasteiger partial charge in [-0.25, -0.2) is 4.99 Å². The van der Waals surface area contributed by atoms with E-state index in [1.807, 2.05) is 25.5 Å². The number of nitrogens with zero attached hydrogens (tertiary/aromatic N) is 5. The monoisotopic (exact) mass is 567 g/mol. The van der Waals surface area contributed by atoms with Crippen LogP contribution in [0.15, 0.2) is 4.99 Å². The average Bonchev–Trinajstić information content (AvgIpc) is 3.10. The van der Waals surface area contributed by atoms with Crippen LogP contribution < -0.4 is 10.6 Å². The molecule has 2 fully saturated rings. The smallest absolute Gasteiger partial charge is 0.191 e. The molecule has 11 heteroatoms. The van der Waals surface area contributed by atoms with Gasteiger partial charge < -0.3 is 19.9 Å². The first-order valence-electron chi connectivity index (χ1n) is 11.1. The predicted octanol–water partition coefficient (Wildman–Crippen LogP) is 1.19. The Morgan fingerprint density at radius 2 is 2.06 bits per heavy atom. The number of halogens is 1. The Bertz CT molecular complexity index is 724. The first-order chi connectivity index (χ1) is 14.6. The molecule has 9 nitrogen and oxygen atoms in total. The van der Waals surface area contributed by atoms with Crippen molar-refractivity contribution < 1.29 is 8.95 Å². The fourth-order valence-corrected chi connectivity index (χ4v) is 5.34. The van der Waals surface area contributed by atoms with Crippen LogP contribution in [0.2, 0.25) is 0 Å². The van der Waals surface area contributed by atoms with E-state index in [-0.39, 0.29) is 29.2 Å². The van der Waals surface area contributed by atoms with Gasteiger partial charge in [0, 0.05) is 61.1 Å². The Morgan fingerprint density at radius 3 is 2.74 bits per heavy atom.